The van der Waals surface area contributed by atoms with Crippen molar-refractivity contribution < 1.29 is 4.79 Å². The monoisotopic (exact) mass is 331 g/mol. The molecular formula is C18H25N3OS. The van der Waals surface area contributed by atoms with Crippen molar-refractivity contribution in [1.82, 2.24) is 9.88 Å². The molecule has 0 atom stereocenters. The lowest BCUT2D eigenvalue weighted by Gasteiger charge is -2.34. The minimum Gasteiger partial charge on any atom is -0.345 e. The number of amides is 1. The van der Waals surface area contributed by atoms with E-state index in [9.17, 15) is 4.79 Å². The van der Waals surface area contributed by atoms with E-state index in [-0.39, 0.29) is 0 Å². The maximum atomic E-state index is 12.1. The molecule has 23 heavy (non-hydrogen) atoms. The first-order valence-corrected chi connectivity index (χ1v) is 9.31. The summed E-state index contributed by atoms with van der Waals surface area (Å²) >= 11 is 1.78. The number of carbonyl (C=O) groups is 1. The van der Waals surface area contributed by atoms with Crippen molar-refractivity contribution in [3.63, 3.8) is 0 Å². The van der Waals surface area contributed by atoms with E-state index in [1.165, 1.54) is 15.8 Å². The molecule has 1 aliphatic heterocycles. The van der Waals surface area contributed by atoms with Gasteiger partial charge in [-0.25, -0.2) is 4.98 Å². The van der Waals surface area contributed by atoms with Crippen LogP contribution in [0.15, 0.2) is 12.1 Å². The molecule has 1 aromatic heterocycles. The number of hydrogen-bond donors (Lipinski definition) is 0. The molecule has 124 valence electrons. The van der Waals surface area contributed by atoms with E-state index in [1.807, 2.05) is 4.90 Å². The second kappa shape index (κ2) is 6.87. The van der Waals surface area contributed by atoms with Crippen molar-refractivity contribution in [3.8, 4) is 0 Å². The Morgan fingerprint density at radius 2 is 1.87 bits per heavy atom. The number of unbranched alkanes of at least 4 members (excludes halogenated alkanes) is 1. The number of thiazole rings is 1. The number of rotatable bonds is 4. The Hall–Kier alpha value is -1.62. The summed E-state index contributed by atoms with van der Waals surface area (Å²) in [4.78, 5) is 21.3. The smallest absolute Gasteiger partial charge is 0.222 e. The Morgan fingerprint density at radius 3 is 2.52 bits per heavy atom. The molecule has 2 aromatic rings. The van der Waals surface area contributed by atoms with Crippen molar-refractivity contribution in [2.75, 3.05) is 31.1 Å². The first-order chi connectivity index (χ1) is 11.1. The van der Waals surface area contributed by atoms with Crippen LogP contribution in [0, 0.1) is 13.8 Å². The molecule has 0 saturated carbocycles. The quantitative estimate of drug-likeness (QED) is 0.856. The fourth-order valence-electron chi connectivity index (χ4n) is 3.02. The van der Waals surface area contributed by atoms with Gasteiger partial charge in [0.2, 0.25) is 5.91 Å². The number of fused-ring (bicyclic) bond motifs is 1. The van der Waals surface area contributed by atoms with Gasteiger partial charge >= 0.3 is 0 Å². The van der Waals surface area contributed by atoms with Gasteiger partial charge in [0.05, 0.1) is 10.2 Å². The van der Waals surface area contributed by atoms with Gasteiger partial charge in [0.25, 0.3) is 0 Å². The first-order valence-electron chi connectivity index (χ1n) is 8.49. The van der Waals surface area contributed by atoms with Crippen LogP contribution in [0.4, 0.5) is 5.13 Å². The van der Waals surface area contributed by atoms with Crippen LogP contribution in [0.25, 0.3) is 10.2 Å². The molecule has 0 spiro atoms. The number of anilines is 1. The average Bonchev–Trinajstić information content (AvgIpc) is 3.03. The number of piperazine rings is 1. The van der Waals surface area contributed by atoms with Crippen LogP contribution in [-0.2, 0) is 4.79 Å². The van der Waals surface area contributed by atoms with E-state index in [1.54, 1.807) is 11.3 Å². The van der Waals surface area contributed by atoms with Gasteiger partial charge in [0, 0.05) is 32.6 Å². The predicted molar refractivity (Wildman–Crippen MR) is 97.4 cm³/mol. The highest BCUT2D eigenvalue weighted by Gasteiger charge is 2.23. The SMILES string of the molecule is CCCCC(=O)N1CCN(c2nc3c(C)ccc(C)c3s2)CC1. The van der Waals surface area contributed by atoms with E-state index >= 15 is 0 Å². The lowest BCUT2D eigenvalue weighted by molar-refractivity contribution is -0.131. The maximum Gasteiger partial charge on any atom is 0.222 e. The molecule has 0 N–H and O–H groups in total. The van der Waals surface area contributed by atoms with Gasteiger partial charge in [-0.2, -0.15) is 0 Å². The minimum absolute atomic E-state index is 0.308. The molecule has 2 heterocycles. The number of carbonyl (C=O) groups excluding carboxylic acids is 1. The molecule has 1 amide bonds. The summed E-state index contributed by atoms with van der Waals surface area (Å²) < 4.78 is 1.29. The van der Waals surface area contributed by atoms with Crippen molar-refractivity contribution >= 4 is 32.6 Å². The summed E-state index contributed by atoms with van der Waals surface area (Å²) in [5.41, 5.74) is 3.66. The molecule has 0 aliphatic carbocycles. The molecule has 1 aromatic carbocycles. The normalized spacial score (nSPS) is 15.4. The molecular weight excluding hydrogens is 306 g/mol. The largest absolute Gasteiger partial charge is 0.345 e. The molecule has 1 saturated heterocycles. The Bertz CT molecular complexity index is 663. The van der Waals surface area contributed by atoms with Crippen LogP contribution >= 0.6 is 11.3 Å². The third-order valence-electron chi connectivity index (χ3n) is 4.58. The Balaban J connectivity index is 1.69. The highest BCUT2D eigenvalue weighted by molar-refractivity contribution is 7.22. The van der Waals surface area contributed by atoms with E-state index in [0.29, 0.717) is 12.3 Å². The van der Waals surface area contributed by atoms with Gasteiger partial charge in [0.15, 0.2) is 5.13 Å². The van der Waals surface area contributed by atoms with Gasteiger partial charge in [-0.3, -0.25) is 4.79 Å². The molecule has 1 aliphatic rings. The standard InChI is InChI=1S/C18H25N3OS/c1-4-5-6-15(22)20-9-11-21(12-10-20)18-19-16-13(2)7-8-14(3)17(16)23-18/h7-8H,4-6,9-12H2,1-3H3. The Labute approximate surface area is 142 Å². The van der Waals surface area contributed by atoms with Crippen molar-refractivity contribution in [1.29, 1.82) is 0 Å². The summed E-state index contributed by atoms with van der Waals surface area (Å²) in [6, 6.07) is 4.31. The summed E-state index contributed by atoms with van der Waals surface area (Å²) in [7, 11) is 0. The van der Waals surface area contributed by atoms with Gasteiger partial charge in [0.1, 0.15) is 0 Å². The number of hydrogen-bond acceptors (Lipinski definition) is 4. The number of benzene rings is 1. The lowest BCUT2D eigenvalue weighted by Crippen LogP contribution is -2.48. The number of nitrogens with zero attached hydrogens (tertiary/aromatic N) is 3. The van der Waals surface area contributed by atoms with Gasteiger partial charge in [-0.1, -0.05) is 36.8 Å². The van der Waals surface area contributed by atoms with E-state index < -0.39 is 0 Å². The molecule has 0 bridgehead atoms. The zero-order chi connectivity index (χ0) is 16.4. The highest BCUT2D eigenvalue weighted by Crippen LogP contribution is 2.33. The minimum atomic E-state index is 0.308. The fraction of sp³-hybridized carbons (Fsp3) is 0.556. The zero-order valence-corrected chi connectivity index (χ0v) is 15.1. The van der Waals surface area contributed by atoms with Crippen LogP contribution < -0.4 is 4.90 Å². The van der Waals surface area contributed by atoms with Crippen molar-refractivity contribution in [2.24, 2.45) is 0 Å². The first kappa shape index (κ1) is 16.2. The van der Waals surface area contributed by atoms with E-state index in [4.69, 9.17) is 4.98 Å². The number of aryl methyl sites for hydroxylation is 2. The summed E-state index contributed by atoms with van der Waals surface area (Å²) in [5.74, 6) is 0.308. The van der Waals surface area contributed by atoms with Crippen LogP contribution in [-0.4, -0.2) is 42.0 Å². The third kappa shape index (κ3) is 3.34. The molecule has 3 rings (SSSR count). The van der Waals surface area contributed by atoms with E-state index in [0.717, 1.165) is 49.7 Å². The molecule has 4 nitrogen and oxygen atoms in total. The van der Waals surface area contributed by atoms with Crippen molar-refractivity contribution in [3.05, 3.63) is 23.3 Å². The van der Waals surface area contributed by atoms with Crippen LogP contribution in [0.1, 0.15) is 37.3 Å². The topological polar surface area (TPSA) is 36.4 Å². The zero-order valence-electron chi connectivity index (χ0n) is 14.3. The second-order valence-corrected chi connectivity index (χ2v) is 7.32. The Morgan fingerprint density at radius 1 is 1.17 bits per heavy atom. The molecule has 0 unspecified atom stereocenters. The maximum absolute atomic E-state index is 12.1. The Kier molecular flexibility index (Phi) is 4.85. The van der Waals surface area contributed by atoms with Gasteiger partial charge in [-0.15, -0.1) is 0 Å². The summed E-state index contributed by atoms with van der Waals surface area (Å²) in [5, 5.41) is 1.10. The molecule has 5 heteroatoms. The second-order valence-electron chi connectivity index (χ2n) is 6.34. The van der Waals surface area contributed by atoms with E-state index in [2.05, 4.69) is 37.8 Å². The van der Waals surface area contributed by atoms with Crippen LogP contribution in [0.5, 0.6) is 0 Å². The molecule has 0 radical (unpaired) electrons. The van der Waals surface area contributed by atoms with Gasteiger partial charge < -0.3 is 9.80 Å². The summed E-state index contributed by atoms with van der Waals surface area (Å²) in [6.07, 6.45) is 2.77. The lowest BCUT2D eigenvalue weighted by atomic mass is 10.1. The fourth-order valence-corrected chi connectivity index (χ4v) is 4.18. The molecule has 1 fully saturated rings. The van der Waals surface area contributed by atoms with Crippen LogP contribution in [0.3, 0.4) is 0 Å². The van der Waals surface area contributed by atoms with Crippen LogP contribution in [0.2, 0.25) is 0 Å². The number of aromatic nitrogens is 1. The highest BCUT2D eigenvalue weighted by atomic mass is 32.1. The third-order valence-corrected chi connectivity index (χ3v) is 5.83. The van der Waals surface area contributed by atoms with Gasteiger partial charge in [-0.05, 0) is 31.4 Å². The van der Waals surface area contributed by atoms with Crippen molar-refractivity contribution in [2.45, 2.75) is 40.0 Å². The average molecular weight is 331 g/mol. The summed E-state index contributed by atoms with van der Waals surface area (Å²) in [6.45, 7) is 9.80. The predicted octanol–water partition coefficient (Wildman–Crippen LogP) is 3.75.